The largest absolute Gasteiger partial charge is 0.456 e. The fraction of sp³-hybridized carbons (Fsp3) is 0.176. The summed E-state index contributed by atoms with van der Waals surface area (Å²) in [4.78, 5) is 24.9. The van der Waals surface area contributed by atoms with Crippen LogP contribution in [0.2, 0.25) is 0 Å². The number of ether oxygens (including phenoxy) is 1. The van der Waals surface area contributed by atoms with E-state index in [1.807, 2.05) is 19.1 Å². The van der Waals surface area contributed by atoms with Crippen LogP contribution in [0, 0.1) is 12.8 Å². The first-order chi connectivity index (χ1) is 9.58. The Balaban J connectivity index is 2.24. The van der Waals surface area contributed by atoms with Crippen LogP contribution in [0.25, 0.3) is 0 Å². The summed E-state index contributed by atoms with van der Waals surface area (Å²) in [5.41, 5.74) is 1.90. The second-order valence-corrected chi connectivity index (χ2v) is 5.05. The SMILES string of the molecule is Cc1ccc2c(c1)C(=O)C(C)C(=O)c1ccccc1O2. The first-order valence-electron chi connectivity index (χ1n) is 6.54. The van der Waals surface area contributed by atoms with Crippen LogP contribution in [0.3, 0.4) is 0 Å². The lowest BCUT2D eigenvalue weighted by Crippen LogP contribution is -2.24. The molecule has 1 atom stereocenters. The topological polar surface area (TPSA) is 43.4 Å². The van der Waals surface area contributed by atoms with E-state index in [9.17, 15) is 9.59 Å². The maximum atomic E-state index is 12.5. The normalized spacial score (nSPS) is 17.6. The fourth-order valence-electron chi connectivity index (χ4n) is 2.39. The molecular weight excluding hydrogens is 252 g/mol. The zero-order valence-electron chi connectivity index (χ0n) is 11.3. The Morgan fingerprint density at radius 3 is 2.35 bits per heavy atom. The van der Waals surface area contributed by atoms with Crippen LogP contribution >= 0.6 is 0 Å². The molecule has 2 aromatic carbocycles. The third-order valence-electron chi connectivity index (χ3n) is 3.56. The highest BCUT2D eigenvalue weighted by atomic mass is 16.5. The number of rotatable bonds is 0. The molecule has 0 radical (unpaired) electrons. The fourth-order valence-corrected chi connectivity index (χ4v) is 2.39. The Hall–Kier alpha value is -2.42. The Kier molecular flexibility index (Phi) is 2.90. The van der Waals surface area contributed by atoms with Crippen molar-refractivity contribution in [1.82, 2.24) is 0 Å². The molecule has 0 aromatic heterocycles. The zero-order valence-corrected chi connectivity index (χ0v) is 11.3. The quantitative estimate of drug-likeness (QED) is 0.681. The Labute approximate surface area is 117 Å². The van der Waals surface area contributed by atoms with Gasteiger partial charge < -0.3 is 4.74 Å². The molecule has 0 spiro atoms. The molecule has 0 saturated carbocycles. The summed E-state index contributed by atoms with van der Waals surface area (Å²) in [5, 5.41) is 0. The summed E-state index contributed by atoms with van der Waals surface area (Å²) < 4.78 is 5.78. The van der Waals surface area contributed by atoms with Crippen LogP contribution < -0.4 is 4.74 Å². The van der Waals surface area contributed by atoms with E-state index < -0.39 is 5.92 Å². The number of hydrogen-bond donors (Lipinski definition) is 0. The van der Waals surface area contributed by atoms with E-state index in [0.717, 1.165) is 5.56 Å². The molecule has 1 aliphatic rings. The van der Waals surface area contributed by atoms with Gasteiger partial charge in [-0.2, -0.15) is 0 Å². The lowest BCUT2D eigenvalue weighted by atomic mass is 9.89. The van der Waals surface area contributed by atoms with Gasteiger partial charge in [0.15, 0.2) is 11.6 Å². The van der Waals surface area contributed by atoms with Gasteiger partial charge in [-0.3, -0.25) is 9.59 Å². The van der Waals surface area contributed by atoms with E-state index in [1.165, 1.54) is 0 Å². The minimum absolute atomic E-state index is 0.191. The Morgan fingerprint density at radius 2 is 1.55 bits per heavy atom. The summed E-state index contributed by atoms with van der Waals surface area (Å²) in [5.74, 6) is -0.0732. The first-order valence-corrected chi connectivity index (χ1v) is 6.54. The number of fused-ring (bicyclic) bond motifs is 2. The molecule has 1 heterocycles. The van der Waals surface area contributed by atoms with E-state index in [0.29, 0.717) is 22.6 Å². The molecule has 1 unspecified atom stereocenters. The monoisotopic (exact) mass is 266 g/mol. The number of ketones is 2. The van der Waals surface area contributed by atoms with Gasteiger partial charge in [0.25, 0.3) is 0 Å². The third kappa shape index (κ3) is 1.92. The molecule has 2 aromatic rings. The number of aryl methyl sites for hydroxylation is 1. The first kappa shape index (κ1) is 12.6. The average Bonchev–Trinajstić information content (AvgIpc) is 2.46. The van der Waals surface area contributed by atoms with E-state index in [1.54, 1.807) is 37.3 Å². The van der Waals surface area contributed by atoms with Crippen LogP contribution in [0.15, 0.2) is 42.5 Å². The highest BCUT2D eigenvalue weighted by molar-refractivity contribution is 6.18. The lowest BCUT2D eigenvalue weighted by Gasteiger charge is -2.20. The maximum Gasteiger partial charge on any atom is 0.177 e. The molecule has 0 amide bonds. The molecular formula is C17H14O3. The molecule has 0 N–H and O–H groups in total. The number of benzene rings is 2. The average molecular weight is 266 g/mol. The number of para-hydroxylation sites is 1. The summed E-state index contributed by atoms with van der Waals surface area (Å²) in [6, 6.07) is 12.5. The highest BCUT2D eigenvalue weighted by Gasteiger charge is 2.30. The lowest BCUT2D eigenvalue weighted by molar-refractivity contribution is 0.0814. The van der Waals surface area contributed by atoms with Crippen molar-refractivity contribution in [2.75, 3.05) is 0 Å². The van der Waals surface area contributed by atoms with Crippen molar-refractivity contribution in [1.29, 1.82) is 0 Å². The third-order valence-corrected chi connectivity index (χ3v) is 3.56. The van der Waals surface area contributed by atoms with Gasteiger partial charge in [0.05, 0.1) is 17.0 Å². The maximum absolute atomic E-state index is 12.5. The second-order valence-electron chi connectivity index (χ2n) is 5.05. The van der Waals surface area contributed by atoms with Crippen LogP contribution in [0.4, 0.5) is 0 Å². The van der Waals surface area contributed by atoms with Crippen LogP contribution in [-0.2, 0) is 0 Å². The Morgan fingerprint density at radius 1 is 0.900 bits per heavy atom. The van der Waals surface area contributed by atoms with E-state index in [-0.39, 0.29) is 11.6 Å². The van der Waals surface area contributed by atoms with Gasteiger partial charge >= 0.3 is 0 Å². The molecule has 0 bridgehead atoms. The van der Waals surface area contributed by atoms with Crippen molar-refractivity contribution in [2.24, 2.45) is 5.92 Å². The van der Waals surface area contributed by atoms with Crippen molar-refractivity contribution < 1.29 is 14.3 Å². The number of Topliss-reactive ketones (excluding diaryl/α,β-unsaturated/α-hetero) is 2. The van der Waals surface area contributed by atoms with Gasteiger partial charge in [0.1, 0.15) is 11.5 Å². The second kappa shape index (κ2) is 4.60. The van der Waals surface area contributed by atoms with Gasteiger partial charge in [0.2, 0.25) is 0 Å². The van der Waals surface area contributed by atoms with Gasteiger partial charge in [-0.1, -0.05) is 23.8 Å². The van der Waals surface area contributed by atoms with Crippen molar-refractivity contribution in [3.05, 3.63) is 59.2 Å². The molecule has 3 nitrogen and oxygen atoms in total. The standard InChI is InChI=1S/C17H14O3/c1-10-7-8-15-13(9-10)17(19)11(2)16(18)12-5-3-4-6-14(12)20-15/h3-9,11H,1-2H3. The van der Waals surface area contributed by atoms with Crippen LogP contribution in [0.5, 0.6) is 11.5 Å². The molecule has 1 aliphatic heterocycles. The zero-order chi connectivity index (χ0) is 14.3. The smallest absolute Gasteiger partial charge is 0.177 e. The van der Waals surface area contributed by atoms with Crippen molar-refractivity contribution >= 4 is 11.6 Å². The summed E-state index contributed by atoms with van der Waals surface area (Å²) in [6.45, 7) is 3.56. The predicted molar refractivity (Wildman–Crippen MR) is 75.5 cm³/mol. The van der Waals surface area contributed by atoms with Crippen LogP contribution in [0.1, 0.15) is 33.2 Å². The molecule has 100 valence electrons. The number of hydrogen-bond acceptors (Lipinski definition) is 3. The summed E-state index contributed by atoms with van der Waals surface area (Å²) >= 11 is 0. The van der Waals surface area contributed by atoms with Crippen LogP contribution in [-0.4, -0.2) is 11.6 Å². The summed E-state index contributed by atoms with van der Waals surface area (Å²) in [6.07, 6.45) is 0. The minimum atomic E-state index is -0.694. The van der Waals surface area contributed by atoms with Gasteiger partial charge in [-0.25, -0.2) is 0 Å². The minimum Gasteiger partial charge on any atom is -0.456 e. The van der Waals surface area contributed by atoms with E-state index in [4.69, 9.17) is 4.74 Å². The molecule has 20 heavy (non-hydrogen) atoms. The molecule has 0 saturated heterocycles. The van der Waals surface area contributed by atoms with Gasteiger partial charge in [-0.05, 0) is 38.1 Å². The number of carbonyl (C=O) groups excluding carboxylic acids is 2. The molecule has 0 aliphatic carbocycles. The van der Waals surface area contributed by atoms with Gasteiger partial charge in [0, 0.05) is 0 Å². The van der Waals surface area contributed by atoms with Crippen molar-refractivity contribution in [3.63, 3.8) is 0 Å². The Bertz CT molecular complexity index is 716. The highest BCUT2D eigenvalue weighted by Crippen LogP contribution is 2.34. The van der Waals surface area contributed by atoms with Crippen molar-refractivity contribution in [2.45, 2.75) is 13.8 Å². The summed E-state index contributed by atoms with van der Waals surface area (Å²) in [7, 11) is 0. The molecule has 3 rings (SSSR count). The van der Waals surface area contributed by atoms with Crippen molar-refractivity contribution in [3.8, 4) is 11.5 Å². The van der Waals surface area contributed by atoms with E-state index in [2.05, 4.69) is 0 Å². The van der Waals surface area contributed by atoms with Gasteiger partial charge in [-0.15, -0.1) is 0 Å². The van der Waals surface area contributed by atoms with E-state index >= 15 is 0 Å². The molecule has 0 fully saturated rings. The number of carbonyl (C=O) groups is 2. The molecule has 3 heteroatoms. The predicted octanol–water partition coefficient (Wildman–Crippen LogP) is 3.80.